The summed E-state index contributed by atoms with van der Waals surface area (Å²) >= 11 is 0. The molecule has 0 spiro atoms. The third kappa shape index (κ3) is 6.88. The lowest BCUT2D eigenvalue weighted by atomic mass is 10.5. The van der Waals surface area contributed by atoms with Crippen molar-refractivity contribution < 1.29 is 19.1 Å². The summed E-state index contributed by atoms with van der Waals surface area (Å²) in [7, 11) is 0. The van der Waals surface area contributed by atoms with Crippen molar-refractivity contribution in [2.45, 2.75) is 20.3 Å². The summed E-state index contributed by atoms with van der Waals surface area (Å²) in [4.78, 5) is 21.3. The van der Waals surface area contributed by atoms with Gasteiger partial charge in [-0.1, -0.05) is 6.92 Å². The first-order valence-corrected chi connectivity index (χ1v) is 4.06. The predicted molar refractivity (Wildman–Crippen MR) is 45.7 cm³/mol. The number of carbonyl (C=O) groups is 2. The Morgan fingerprint density at radius 3 is 2.08 bits per heavy atom. The Morgan fingerprint density at radius 2 is 1.62 bits per heavy atom. The van der Waals surface area contributed by atoms with Gasteiger partial charge in [0.25, 0.3) is 0 Å². The SMILES string of the molecule is CCCOC(=O)C#CC(=O)OCC. The molecule has 0 heterocycles. The van der Waals surface area contributed by atoms with E-state index in [1.165, 1.54) is 0 Å². The number of esters is 2. The monoisotopic (exact) mass is 184 g/mol. The summed E-state index contributed by atoms with van der Waals surface area (Å²) in [6.45, 7) is 4.09. The van der Waals surface area contributed by atoms with E-state index in [0.717, 1.165) is 6.42 Å². The fourth-order valence-electron chi connectivity index (χ4n) is 0.500. The molecule has 0 saturated carbocycles. The van der Waals surface area contributed by atoms with Gasteiger partial charge in [-0.25, -0.2) is 9.59 Å². The minimum atomic E-state index is -0.712. The van der Waals surface area contributed by atoms with Crippen molar-refractivity contribution in [3.63, 3.8) is 0 Å². The van der Waals surface area contributed by atoms with Gasteiger partial charge in [0.2, 0.25) is 0 Å². The number of carbonyl (C=O) groups excluding carboxylic acids is 2. The van der Waals surface area contributed by atoms with Crippen LogP contribution in [0.3, 0.4) is 0 Å². The van der Waals surface area contributed by atoms with Gasteiger partial charge in [0.1, 0.15) is 0 Å². The van der Waals surface area contributed by atoms with Gasteiger partial charge in [-0.15, -0.1) is 0 Å². The maximum atomic E-state index is 10.7. The van der Waals surface area contributed by atoms with E-state index in [-0.39, 0.29) is 6.61 Å². The van der Waals surface area contributed by atoms with Gasteiger partial charge in [-0.05, 0) is 13.3 Å². The fourth-order valence-corrected chi connectivity index (χ4v) is 0.500. The van der Waals surface area contributed by atoms with E-state index in [4.69, 9.17) is 0 Å². The number of rotatable bonds is 3. The quantitative estimate of drug-likeness (QED) is 0.364. The van der Waals surface area contributed by atoms with E-state index >= 15 is 0 Å². The fraction of sp³-hybridized carbons (Fsp3) is 0.556. The molecule has 13 heavy (non-hydrogen) atoms. The van der Waals surface area contributed by atoms with Crippen LogP contribution in [0.2, 0.25) is 0 Å². The summed E-state index contributed by atoms with van der Waals surface area (Å²) < 4.78 is 9.08. The highest BCUT2D eigenvalue weighted by molar-refractivity contribution is 5.98. The van der Waals surface area contributed by atoms with Crippen LogP contribution in [-0.2, 0) is 19.1 Å². The molecule has 0 aromatic heterocycles. The molecule has 0 radical (unpaired) electrons. The van der Waals surface area contributed by atoms with Crippen LogP contribution in [0.15, 0.2) is 0 Å². The molecule has 0 atom stereocenters. The van der Waals surface area contributed by atoms with Crippen LogP contribution in [0.4, 0.5) is 0 Å². The predicted octanol–water partition coefficient (Wildman–Crippen LogP) is 0.506. The molecule has 0 amide bonds. The van der Waals surface area contributed by atoms with Crippen LogP contribution in [0.25, 0.3) is 0 Å². The van der Waals surface area contributed by atoms with Crippen LogP contribution in [0, 0.1) is 11.8 Å². The minimum absolute atomic E-state index is 0.248. The van der Waals surface area contributed by atoms with Crippen molar-refractivity contribution in [2.75, 3.05) is 13.2 Å². The second-order valence-corrected chi connectivity index (χ2v) is 2.11. The molecule has 0 N–H and O–H groups in total. The van der Waals surface area contributed by atoms with Crippen molar-refractivity contribution in [1.82, 2.24) is 0 Å². The number of hydrogen-bond acceptors (Lipinski definition) is 4. The molecule has 4 nitrogen and oxygen atoms in total. The zero-order valence-corrected chi connectivity index (χ0v) is 7.75. The molecule has 0 aliphatic rings. The van der Waals surface area contributed by atoms with Gasteiger partial charge in [-0.3, -0.25) is 0 Å². The van der Waals surface area contributed by atoms with Gasteiger partial charge in [0, 0.05) is 11.8 Å². The van der Waals surface area contributed by atoms with Gasteiger partial charge in [0.05, 0.1) is 13.2 Å². The first-order chi connectivity index (χ1) is 6.20. The van der Waals surface area contributed by atoms with E-state index in [2.05, 4.69) is 9.47 Å². The van der Waals surface area contributed by atoms with Crippen molar-refractivity contribution in [3.05, 3.63) is 0 Å². The largest absolute Gasteiger partial charge is 0.456 e. The highest BCUT2D eigenvalue weighted by Gasteiger charge is 1.97. The van der Waals surface area contributed by atoms with Crippen LogP contribution >= 0.6 is 0 Å². The number of ether oxygens (including phenoxy) is 2. The van der Waals surface area contributed by atoms with E-state index in [1.54, 1.807) is 6.92 Å². The molecule has 4 heteroatoms. The van der Waals surface area contributed by atoms with Crippen molar-refractivity contribution >= 4 is 11.9 Å². The van der Waals surface area contributed by atoms with Gasteiger partial charge < -0.3 is 9.47 Å². The average Bonchev–Trinajstić information content (AvgIpc) is 2.12. The Balaban J connectivity index is 3.80. The summed E-state index contributed by atoms with van der Waals surface area (Å²) in [6, 6.07) is 0. The van der Waals surface area contributed by atoms with Gasteiger partial charge in [0.15, 0.2) is 0 Å². The lowest BCUT2D eigenvalue weighted by Gasteiger charge is -1.94. The first-order valence-electron chi connectivity index (χ1n) is 4.06. The third-order valence-electron chi connectivity index (χ3n) is 0.979. The summed E-state index contributed by atoms with van der Waals surface area (Å²) in [6.07, 6.45) is 0.729. The number of hydrogen-bond donors (Lipinski definition) is 0. The molecule has 0 fully saturated rings. The van der Waals surface area contributed by atoms with Gasteiger partial charge >= 0.3 is 11.9 Å². The van der Waals surface area contributed by atoms with Crippen molar-refractivity contribution in [2.24, 2.45) is 0 Å². The van der Waals surface area contributed by atoms with Crippen LogP contribution < -0.4 is 0 Å². The van der Waals surface area contributed by atoms with Crippen LogP contribution in [-0.4, -0.2) is 25.2 Å². The molecule has 0 saturated heterocycles. The minimum Gasteiger partial charge on any atom is -0.456 e. The zero-order chi connectivity index (χ0) is 10.1. The molecular weight excluding hydrogens is 172 g/mol. The van der Waals surface area contributed by atoms with E-state index < -0.39 is 11.9 Å². The summed E-state index contributed by atoms with van der Waals surface area (Å²) in [5.41, 5.74) is 0. The lowest BCUT2D eigenvalue weighted by molar-refractivity contribution is -0.138. The average molecular weight is 184 g/mol. The summed E-state index contributed by atoms with van der Waals surface area (Å²) in [5.74, 6) is 2.61. The molecule has 0 bridgehead atoms. The molecule has 0 aromatic rings. The Labute approximate surface area is 77.2 Å². The van der Waals surface area contributed by atoms with Crippen LogP contribution in [0.1, 0.15) is 20.3 Å². The molecule has 0 aliphatic carbocycles. The van der Waals surface area contributed by atoms with E-state index in [9.17, 15) is 9.59 Å². The maximum Gasteiger partial charge on any atom is 0.384 e. The van der Waals surface area contributed by atoms with Crippen molar-refractivity contribution in [3.8, 4) is 11.8 Å². The molecular formula is C9H12O4. The molecule has 0 rings (SSSR count). The smallest absolute Gasteiger partial charge is 0.384 e. The first kappa shape index (κ1) is 11.5. The van der Waals surface area contributed by atoms with E-state index in [0.29, 0.717) is 6.61 Å². The highest BCUT2D eigenvalue weighted by Crippen LogP contribution is 1.81. The topological polar surface area (TPSA) is 52.6 Å². The second kappa shape index (κ2) is 7.17. The second-order valence-electron chi connectivity index (χ2n) is 2.11. The lowest BCUT2D eigenvalue weighted by Crippen LogP contribution is -2.04. The third-order valence-corrected chi connectivity index (χ3v) is 0.979. The Morgan fingerprint density at radius 1 is 1.08 bits per heavy atom. The maximum absolute atomic E-state index is 10.7. The Bertz CT molecular complexity index is 234. The van der Waals surface area contributed by atoms with E-state index in [1.807, 2.05) is 18.8 Å². The Kier molecular flexibility index (Phi) is 6.34. The normalized spacial score (nSPS) is 8.15. The molecule has 0 aliphatic heterocycles. The highest BCUT2D eigenvalue weighted by atomic mass is 16.5. The molecule has 0 aromatic carbocycles. The standard InChI is InChI=1S/C9H12O4/c1-3-7-13-9(11)6-5-8(10)12-4-2/h3-4,7H2,1-2H3. The zero-order valence-electron chi connectivity index (χ0n) is 7.75. The van der Waals surface area contributed by atoms with Crippen LogP contribution in [0.5, 0.6) is 0 Å². The molecule has 0 unspecified atom stereocenters. The van der Waals surface area contributed by atoms with Gasteiger partial charge in [-0.2, -0.15) is 0 Å². The molecule has 72 valence electrons. The van der Waals surface area contributed by atoms with Crippen molar-refractivity contribution in [1.29, 1.82) is 0 Å². The Hall–Kier alpha value is -1.50. The summed E-state index contributed by atoms with van der Waals surface area (Å²) in [5, 5.41) is 0.